The molecule has 2 aliphatic heterocycles. The number of amides is 1. The van der Waals surface area contributed by atoms with Gasteiger partial charge in [-0.3, -0.25) is 9.69 Å². The van der Waals surface area contributed by atoms with E-state index in [9.17, 15) is 4.79 Å². The van der Waals surface area contributed by atoms with Crippen LogP contribution in [0.15, 0.2) is 24.8 Å². The number of piperidine rings is 1. The third-order valence-electron chi connectivity index (χ3n) is 9.62. The number of nitrogens with one attached hydrogen (secondary N) is 2. The summed E-state index contributed by atoms with van der Waals surface area (Å²) in [6, 6.07) is 7.94. The van der Waals surface area contributed by atoms with Crippen LogP contribution in [-0.4, -0.2) is 109 Å². The van der Waals surface area contributed by atoms with Gasteiger partial charge in [-0.05, 0) is 103 Å². The van der Waals surface area contributed by atoms with Crippen molar-refractivity contribution >= 4 is 34.5 Å². The maximum absolute atomic E-state index is 12.5. The molecule has 43 heavy (non-hydrogen) atoms. The summed E-state index contributed by atoms with van der Waals surface area (Å²) in [4.78, 5) is 31.9. The molecule has 0 atom stereocenters. The molecule has 1 amide bonds. The van der Waals surface area contributed by atoms with Gasteiger partial charge in [0.05, 0.1) is 0 Å². The second-order valence-electron chi connectivity index (χ2n) is 13.1. The highest BCUT2D eigenvalue weighted by Crippen LogP contribution is 2.32. The summed E-state index contributed by atoms with van der Waals surface area (Å²) in [5.74, 6) is 0.388. The molecule has 2 saturated heterocycles. The topological polar surface area (TPSA) is 106 Å². The van der Waals surface area contributed by atoms with E-state index in [4.69, 9.17) is 10.7 Å². The molecule has 4 N–H and O–H groups in total. The van der Waals surface area contributed by atoms with Crippen LogP contribution in [0.25, 0.3) is 5.57 Å². The van der Waals surface area contributed by atoms with E-state index in [0.29, 0.717) is 29.4 Å². The molecule has 0 bridgehead atoms. The number of allylic oxidation sites excluding steroid dienone is 1. The SMILES string of the molecule is C=C(C)c1nc(C(N)=O)c(Nc2ccc(N3CCC(N4CCN(C)CC4)CC3)c(C)c2)nc1N[C@H]1CC[C@H](N(C)C)CC1. The van der Waals surface area contributed by atoms with Crippen molar-refractivity contribution in [2.75, 3.05) is 75.9 Å². The fraction of sp³-hybridized carbons (Fsp3) is 0.606. The highest BCUT2D eigenvalue weighted by molar-refractivity contribution is 5.97. The molecule has 1 aliphatic carbocycles. The molecular formula is C33H51N9O. The number of aryl methyl sites for hydroxylation is 1. The molecule has 10 nitrogen and oxygen atoms in total. The van der Waals surface area contributed by atoms with E-state index in [1.807, 2.05) is 6.92 Å². The Hall–Kier alpha value is -3.21. The van der Waals surface area contributed by atoms with Gasteiger partial charge in [-0.2, -0.15) is 0 Å². The standard InChI is InChI=1S/C33H51N9O/c1-22(2)29-32(35-24-7-10-26(11-8-24)39(4)5)38-33(30(37-29)31(34)43)36-25-9-12-28(23(3)21-25)42-15-13-27(14-16-42)41-19-17-40(6)18-20-41/h9,12,21,24,26-27H,1,7-8,10-11,13-20H2,2-6H3,(H2,34,43)(H2,35,36,38)/t24-,26-. The molecule has 3 fully saturated rings. The van der Waals surface area contributed by atoms with Gasteiger partial charge in [-0.15, -0.1) is 0 Å². The monoisotopic (exact) mass is 589 g/mol. The molecule has 10 heteroatoms. The number of piperazine rings is 1. The predicted molar refractivity (Wildman–Crippen MR) is 177 cm³/mol. The number of aromatic nitrogens is 2. The van der Waals surface area contributed by atoms with Gasteiger partial charge >= 0.3 is 0 Å². The van der Waals surface area contributed by atoms with E-state index < -0.39 is 5.91 Å². The molecule has 234 valence electrons. The van der Waals surface area contributed by atoms with Crippen LogP contribution in [0.1, 0.15) is 67.2 Å². The van der Waals surface area contributed by atoms with Crippen molar-refractivity contribution in [2.45, 2.75) is 70.5 Å². The van der Waals surface area contributed by atoms with Gasteiger partial charge in [0.25, 0.3) is 5.91 Å². The number of likely N-dealkylation sites (N-methyl/N-ethyl adjacent to an activating group) is 1. The van der Waals surface area contributed by atoms with E-state index in [1.54, 1.807) is 0 Å². The lowest BCUT2D eigenvalue weighted by molar-refractivity contribution is 0.0982. The van der Waals surface area contributed by atoms with Gasteiger partial charge in [0, 0.05) is 68.8 Å². The van der Waals surface area contributed by atoms with Crippen LogP contribution in [0.5, 0.6) is 0 Å². The Bertz CT molecular complexity index is 1290. The highest BCUT2D eigenvalue weighted by Gasteiger charge is 2.28. The average molecular weight is 590 g/mol. The number of primary amides is 1. The fourth-order valence-corrected chi connectivity index (χ4v) is 6.91. The summed E-state index contributed by atoms with van der Waals surface area (Å²) in [6.45, 7) is 15.0. The van der Waals surface area contributed by atoms with Gasteiger partial charge in [-0.25, -0.2) is 9.97 Å². The van der Waals surface area contributed by atoms with Crippen LogP contribution < -0.4 is 21.3 Å². The molecule has 0 radical (unpaired) electrons. The van der Waals surface area contributed by atoms with Gasteiger partial charge < -0.3 is 31.1 Å². The largest absolute Gasteiger partial charge is 0.371 e. The molecule has 3 heterocycles. The lowest BCUT2D eigenvalue weighted by Gasteiger charge is -2.43. The molecular weight excluding hydrogens is 538 g/mol. The molecule has 3 aliphatic rings. The minimum atomic E-state index is -0.618. The Balaban J connectivity index is 1.29. The Labute approximate surface area is 257 Å². The van der Waals surface area contributed by atoms with Crippen LogP contribution in [0.4, 0.5) is 23.0 Å². The zero-order chi connectivity index (χ0) is 30.7. The lowest BCUT2D eigenvalue weighted by atomic mass is 9.90. The van der Waals surface area contributed by atoms with Crippen LogP contribution in [-0.2, 0) is 0 Å². The number of nitrogens with two attached hydrogens (primary N) is 1. The van der Waals surface area contributed by atoms with E-state index in [0.717, 1.165) is 50.0 Å². The smallest absolute Gasteiger partial charge is 0.271 e. The zero-order valence-electron chi connectivity index (χ0n) is 26.8. The number of benzene rings is 1. The molecule has 0 spiro atoms. The van der Waals surface area contributed by atoms with Crippen LogP contribution in [0.3, 0.4) is 0 Å². The third kappa shape index (κ3) is 7.48. The second kappa shape index (κ2) is 13.6. The lowest BCUT2D eigenvalue weighted by Crippen LogP contribution is -2.52. The summed E-state index contributed by atoms with van der Waals surface area (Å²) in [5.41, 5.74) is 10.5. The van der Waals surface area contributed by atoms with Gasteiger partial charge in [0.2, 0.25) is 0 Å². The molecule has 1 aromatic carbocycles. The number of hydrogen-bond acceptors (Lipinski definition) is 9. The summed E-state index contributed by atoms with van der Waals surface area (Å²) in [6.07, 6.45) is 6.75. The molecule has 1 aromatic heterocycles. The summed E-state index contributed by atoms with van der Waals surface area (Å²) in [5, 5.41) is 6.98. The first-order valence-electron chi connectivity index (χ1n) is 15.9. The number of nitrogens with zero attached hydrogens (tertiary/aromatic N) is 6. The highest BCUT2D eigenvalue weighted by atomic mass is 16.1. The van der Waals surface area contributed by atoms with Crippen molar-refractivity contribution in [3.05, 3.63) is 41.7 Å². The van der Waals surface area contributed by atoms with Crippen molar-refractivity contribution in [1.29, 1.82) is 0 Å². The van der Waals surface area contributed by atoms with E-state index >= 15 is 0 Å². The van der Waals surface area contributed by atoms with Crippen molar-refractivity contribution < 1.29 is 4.79 Å². The van der Waals surface area contributed by atoms with Gasteiger partial charge in [0.15, 0.2) is 17.3 Å². The van der Waals surface area contributed by atoms with E-state index in [2.05, 4.69) is 88.1 Å². The first-order chi connectivity index (χ1) is 20.6. The molecule has 2 aromatic rings. The minimum absolute atomic E-state index is 0.118. The number of hydrogen-bond donors (Lipinski definition) is 3. The van der Waals surface area contributed by atoms with Crippen molar-refractivity contribution in [3.63, 3.8) is 0 Å². The first-order valence-corrected chi connectivity index (χ1v) is 15.9. The summed E-state index contributed by atoms with van der Waals surface area (Å²) < 4.78 is 0. The average Bonchev–Trinajstić information content (AvgIpc) is 2.98. The zero-order valence-corrected chi connectivity index (χ0v) is 26.8. The van der Waals surface area contributed by atoms with Crippen molar-refractivity contribution in [1.82, 2.24) is 24.7 Å². The molecule has 0 unspecified atom stereocenters. The Morgan fingerprint density at radius 2 is 1.63 bits per heavy atom. The Morgan fingerprint density at radius 3 is 2.21 bits per heavy atom. The van der Waals surface area contributed by atoms with Crippen molar-refractivity contribution in [2.24, 2.45) is 5.73 Å². The summed E-state index contributed by atoms with van der Waals surface area (Å²) >= 11 is 0. The van der Waals surface area contributed by atoms with E-state index in [-0.39, 0.29) is 11.7 Å². The number of carbonyl (C=O) groups is 1. The van der Waals surface area contributed by atoms with Crippen LogP contribution in [0.2, 0.25) is 0 Å². The van der Waals surface area contributed by atoms with Crippen LogP contribution in [0, 0.1) is 6.92 Å². The Morgan fingerprint density at radius 1 is 0.953 bits per heavy atom. The third-order valence-corrected chi connectivity index (χ3v) is 9.62. The van der Waals surface area contributed by atoms with Gasteiger partial charge in [0.1, 0.15) is 5.69 Å². The summed E-state index contributed by atoms with van der Waals surface area (Å²) in [7, 11) is 6.51. The fourth-order valence-electron chi connectivity index (χ4n) is 6.91. The maximum Gasteiger partial charge on any atom is 0.271 e. The minimum Gasteiger partial charge on any atom is -0.371 e. The van der Waals surface area contributed by atoms with E-state index in [1.165, 1.54) is 50.3 Å². The number of rotatable bonds is 9. The number of anilines is 4. The van der Waals surface area contributed by atoms with Crippen LogP contribution >= 0.6 is 0 Å². The van der Waals surface area contributed by atoms with Crippen molar-refractivity contribution in [3.8, 4) is 0 Å². The molecule has 5 rings (SSSR count). The number of carbonyl (C=O) groups excluding carboxylic acids is 1. The molecule has 1 saturated carbocycles. The normalized spacial score (nSPS) is 22.5. The second-order valence-corrected chi connectivity index (χ2v) is 13.1. The first kappa shape index (κ1) is 31.2. The predicted octanol–water partition coefficient (Wildman–Crippen LogP) is 4.16. The quantitative estimate of drug-likeness (QED) is 0.398. The maximum atomic E-state index is 12.5. The van der Waals surface area contributed by atoms with Gasteiger partial charge in [-0.1, -0.05) is 6.58 Å². The Kier molecular flexibility index (Phi) is 9.88.